The summed E-state index contributed by atoms with van der Waals surface area (Å²) in [6.07, 6.45) is 1.40. The molecule has 1 aliphatic rings. The van der Waals surface area contributed by atoms with Crippen LogP contribution in [0, 0.1) is 10.3 Å². The van der Waals surface area contributed by atoms with Crippen molar-refractivity contribution in [2.75, 3.05) is 13.1 Å². The minimum atomic E-state index is -0.344. The van der Waals surface area contributed by atoms with Crippen LogP contribution in [0.4, 0.5) is 0 Å². The van der Waals surface area contributed by atoms with Crippen LogP contribution in [0.25, 0.3) is 0 Å². The zero-order valence-corrected chi connectivity index (χ0v) is 5.24. The van der Waals surface area contributed by atoms with Crippen LogP contribution in [-0.4, -0.2) is 30.9 Å². The van der Waals surface area contributed by atoms with E-state index in [0.29, 0.717) is 13.1 Å². The molecule has 10 heavy (non-hydrogen) atoms. The fraction of sp³-hybridized carbons (Fsp3) is 0.400. The summed E-state index contributed by atoms with van der Waals surface area (Å²) < 4.78 is 0. The fourth-order valence-corrected chi connectivity index (χ4v) is 0.603. The molecule has 0 fully saturated rings. The number of nitrogens with one attached hydrogen (secondary N) is 1. The number of nitrogens with zero attached hydrogens (tertiary/aromatic N) is 3. The van der Waals surface area contributed by atoms with Crippen LogP contribution in [0.15, 0.2) is 15.2 Å². The second kappa shape index (κ2) is 2.95. The highest BCUT2D eigenvalue weighted by Gasteiger charge is 2.05. The molecule has 1 heterocycles. The van der Waals surface area contributed by atoms with Crippen LogP contribution in [0.1, 0.15) is 0 Å². The maximum atomic E-state index is 9.79. The molecule has 0 aliphatic carbocycles. The van der Waals surface area contributed by atoms with Crippen molar-refractivity contribution in [1.82, 2.24) is 0 Å². The standard InChI is InChI=1S/C5H6N4O/c6-5(9-10)4-3-7-1-2-8-4/h3,6H,1-2H2. The lowest BCUT2D eigenvalue weighted by atomic mass is 10.3. The summed E-state index contributed by atoms with van der Waals surface area (Å²) in [5, 5.41) is 9.35. The van der Waals surface area contributed by atoms with E-state index in [0.717, 1.165) is 0 Å². The molecule has 0 aromatic carbocycles. The van der Waals surface area contributed by atoms with Crippen molar-refractivity contribution in [3.8, 4) is 0 Å². The van der Waals surface area contributed by atoms with E-state index in [4.69, 9.17) is 5.41 Å². The summed E-state index contributed by atoms with van der Waals surface area (Å²) in [7, 11) is 0. The SMILES string of the molecule is N=C(N=O)C1=NCCN=C1. The molecule has 0 unspecified atom stereocenters. The normalized spacial score (nSPS) is 16.2. The van der Waals surface area contributed by atoms with Crippen LogP contribution in [0.2, 0.25) is 0 Å². The van der Waals surface area contributed by atoms with Crippen molar-refractivity contribution in [2.45, 2.75) is 0 Å². The Kier molecular flexibility index (Phi) is 1.99. The molecule has 0 atom stereocenters. The van der Waals surface area contributed by atoms with Gasteiger partial charge in [-0.2, -0.15) is 0 Å². The van der Waals surface area contributed by atoms with Gasteiger partial charge in [0.25, 0.3) is 0 Å². The first kappa shape index (κ1) is 6.73. The molecule has 1 N–H and O–H groups in total. The molecular formula is C5H6N4O. The topological polar surface area (TPSA) is 78.0 Å². The Morgan fingerprint density at radius 3 is 3.00 bits per heavy atom. The molecule has 0 spiro atoms. The van der Waals surface area contributed by atoms with Gasteiger partial charge in [-0.25, -0.2) is 0 Å². The summed E-state index contributed by atoms with van der Waals surface area (Å²) in [5.74, 6) is -0.344. The fourth-order valence-electron chi connectivity index (χ4n) is 0.603. The van der Waals surface area contributed by atoms with Gasteiger partial charge in [-0.1, -0.05) is 0 Å². The molecule has 0 saturated carbocycles. The van der Waals surface area contributed by atoms with Gasteiger partial charge in [0.05, 0.1) is 19.3 Å². The van der Waals surface area contributed by atoms with Crippen molar-refractivity contribution < 1.29 is 0 Å². The van der Waals surface area contributed by atoms with E-state index in [9.17, 15) is 4.91 Å². The molecular weight excluding hydrogens is 132 g/mol. The molecule has 1 aliphatic heterocycles. The minimum absolute atomic E-state index is 0.279. The second-order valence-electron chi connectivity index (χ2n) is 1.74. The molecule has 5 heteroatoms. The molecule has 0 aromatic rings. The predicted octanol–water partition coefficient (Wildman–Crippen LogP) is 0.255. The van der Waals surface area contributed by atoms with E-state index in [1.807, 2.05) is 0 Å². The van der Waals surface area contributed by atoms with Crippen molar-refractivity contribution >= 4 is 17.8 Å². The molecule has 1 rings (SSSR count). The van der Waals surface area contributed by atoms with Gasteiger partial charge in [0.15, 0.2) is 0 Å². The summed E-state index contributed by atoms with van der Waals surface area (Å²) in [4.78, 5) is 17.5. The van der Waals surface area contributed by atoms with Crippen molar-refractivity contribution in [3.63, 3.8) is 0 Å². The van der Waals surface area contributed by atoms with Gasteiger partial charge in [-0.05, 0) is 5.18 Å². The van der Waals surface area contributed by atoms with E-state index >= 15 is 0 Å². The van der Waals surface area contributed by atoms with Gasteiger partial charge in [0.1, 0.15) is 5.71 Å². The average Bonchev–Trinajstić information content (AvgIpc) is 2.05. The maximum Gasteiger partial charge on any atom is 0.216 e. The second-order valence-corrected chi connectivity index (χ2v) is 1.74. The number of aliphatic imine (C=N–C) groups is 2. The summed E-state index contributed by atoms with van der Waals surface area (Å²) in [6, 6.07) is 0. The Morgan fingerprint density at radius 1 is 1.70 bits per heavy atom. The van der Waals surface area contributed by atoms with E-state index in [1.54, 1.807) is 0 Å². The van der Waals surface area contributed by atoms with Gasteiger partial charge < -0.3 is 0 Å². The zero-order chi connectivity index (χ0) is 7.40. The molecule has 0 radical (unpaired) electrons. The maximum absolute atomic E-state index is 9.79. The number of nitroso groups, excluding NO2 is 1. The molecule has 52 valence electrons. The lowest BCUT2D eigenvalue weighted by molar-refractivity contribution is 0.972. The Balaban J connectivity index is 2.72. The first-order valence-corrected chi connectivity index (χ1v) is 2.81. The highest BCUT2D eigenvalue weighted by Crippen LogP contribution is 1.88. The van der Waals surface area contributed by atoms with Crippen molar-refractivity contribution in [3.05, 3.63) is 4.91 Å². The van der Waals surface area contributed by atoms with Gasteiger partial charge in [0.2, 0.25) is 5.84 Å². The lowest BCUT2D eigenvalue weighted by Gasteiger charge is -1.99. The van der Waals surface area contributed by atoms with Crippen LogP contribution in [0.3, 0.4) is 0 Å². The van der Waals surface area contributed by atoms with Gasteiger partial charge in [-0.3, -0.25) is 15.4 Å². The van der Waals surface area contributed by atoms with E-state index in [-0.39, 0.29) is 11.5 Å². The number of hydrogen-bond acceptors (Lipinski definition) is 4. The monoisotopic (exact) mass is 138 g/mol. The lowest BCUT2D eigenvalue weighted by Crippen LogP contribution is -2.16. The third-order valence-electron chi connectivity index (χ3n) is 1.06. The van der Waals surface area contributed by atoms with E-state index < -0.39 is 0 Å². The third kappa shape index (κ3) is 1.31. The van der Waals surface area contributed by atoms with Crippen LogP contribution in [0.5, 0.6) is 0 Å². The van der Waals surface area contributed by atoms with Crippen molar-refractivity contribution in [2.24, 2.45) is 15.2 Å². The summed E-state index contributed by atoms with van der Waals surface area (Å²) >= 11 is 0. The average molecular weight is 138 g/mol. The largest absolute Gasteiger partial charge is 0.289 e. The van der Waals surface area contributed by atoms with Gasteiger partial charge >= 0.3 is 0 Å². The number of hydrogen-bond donors (Lipinski definition) is 1. The number of amidine groups is 1. The zero-order valence-electron chi connectivity index (χ0n) is 5.24. The first-order valence-electron chi connectivity index (χ1n) is 2.81. The smallest absolute Gasteiger partial charge is 0.216 e. The molecule has 5 nitrogen and oxygen atoms in total. The Morgan fingerprint density at radius 2 is 2.50 bits per heavy atom. The van der Waals surface area contributed by atoms with E-state index in [1.165, 1.54) is 6.21 Å². The van der Waals surface area contributed by atoms with Gasteiger partial charge in [-0.15, -0.1) is 4.91 Å². The first-order chi connectivity index (χ1) is 4.84. The quantitative estimate of drug-likeness (QED) is 0.314. The molecule has 0 amide bonds. The highest BCUT2D eigenvalue weighted by atomic mass is 16.3. The molecule has 0 aromatic heterocycles. The van der Waals surface area contributed by atoms with Crippen molar-refractivity contribution in [1.29, 1.82) is 5.41 Å². The number of rotatable bonds is 1. The minimum Gasteiger partial charge on any atom is -0.289 e. The van der Waals surface area contributed by atoms with E-state index in [2.05, 4.69) is 15.2 Å². The molecule has 0 bridgehead atoms. The summed E-state index contributed by atoms with van der Waals surface area (Å²) in [5.41, 5.74) is 0.279. The predicted molar refractivity (Wildman–Crippen MR) is 39.2 cm³/mol. The van der Waals surface area contributed by atoms with Crippen LogP contribution >= 0.6 is 0 Å². The Hall–Kier alpha value is -1.39. The van der Waals surface area contributed by atoms with Crippen LogP contribution < -0.4 is 0 Å². The summed E-state index contributed by atoms with van der Waals surface area (Å²) in [6.45, 7) is 1.18. The molecule has 0 saturated heterocycles. The van der Waals surface area contributed by atoms with Crippen LogP contribution in [-0.2, 0) is 0 Å². The Bertz CT molecular complexity index is 218. The van der Waals surface area contributed by atoms with Gasteiger partial charge in [0, 0.05) is 0 Å². The highest BCUT2D eigenvalue weighted by molar-refractivity contribution is 6.61. The Labute approximate surface area is 57.4 Å². The third-order valence-corrected chi connectivity index (χ3v) is 1.06.